The SMILES string of the molecule is COc1ccc(F)cc1CN1CCN(Cn2c(=O)oc3ccc([N+](=O)[O-])cc32)CC1. The highest BCUT2D eigenvalue weighted by molar-refractivity contribution is 5.75. The van der Waals surface area contributed by atoms with Gasteiger partial charge in [0.1, 0.15) is 11.6 Å². The maximum atomic E-state index is 13.6. The summed E-state index contributed by atoms with van der Waals surface area (Å²) in [6.07, 6.45) is 0. The summed E-state index contributed by atoms with van der Waals surface area (Å²) in [5, 5.41) is 11.0. The Balaban J connectivity index is 1.44. The average Bonchev–Trinajstić information content (AvgIpc) is 3.04. The van der Waals surface area contributed by atoms with Gasteiger partial charge in [0, 0.05) is 50.4 Å². The molecule has 30 heavy (non-hydrogen) atoms. The average molecular weight is 416 g/mol. The third-order valence-electron chi connectivity index (χ3n) is 5.30. The number of hydrogen-bond donors (Lipinski definition) is 0. The first-order chi connectivity index (χ1) is 14.4. The van der Waals surface area contributed by atoms with Crippen LogP contribution in [0.25, 0.3) is 11.1 Å². The maximum Gasteiger partial charge on any atom is 0.421 e. The van der Waals surface area contributed by atoms with Gasteiger partial charge >= 0.3 is 5.76 Å². The van der Waals surface area contributed by atoms with E-state index in [0.29, 0.717) is 36.5 Å². The summed E-state index contributed by atoms with van der Waals surface area (Å²) in [5.41, 5.74) is 1.42. The Morgan fingerprint density at radius 1 is 1.13 bits per heavy atom. The molecule has 0 unspecified atom stereocenters. The fraction of sp³-hybridized carbons (Fsp3) is 0.350. The lowest BCUT2D eigenvalue weighted by atomic mass is 10.1. The lowest BCUT2D eigenvalue weighted by Crippen LogP contribution is -2.47. The third-order valence-corrected chi connectivity index (χ3v) is 5.30. The first-order valence-electron chi connectivity index (χ1n) is 9.49. The monoisotopic (exact) mass is 416 g/mol. The molecule has 3 aromatic rings. The number of fused-ring (bicyclic) bond motifs is 1. The number of rotatable bonds is 6. The number of piperazine rings is 1. The number of ether oxygens (including phenoxy) is 1. The van der Waals surface area contributed by atoms with Gasteiger partial charge in [0.2, 0.25) is 0 Å². The van der Waals surface area contributed by atoms with Crippen LogP contribution in [0.2, 0.25) is 0 Å². The van der Waals surface area contributed by atoms with Crippen molar-refractivity contribution in [2.45, 2.75) is 13.2 Å². The minimum Gasteiger partial charge on any atom is -0.496 e. The van der Waals surface area contributed by atoms with Crippen LogP contribution in [-0.4, -0.2) is 52.6 Å². The molecule has 1 aliphatic heterocycles. The lowest BCUT2D eigenvalue weighted by molar-refractivity contribution is -0.384. The van der Waals surface area contributed by atoms with E-state index in [4.69, 9.17) is 9.15 Å². The molecular weight excluding hydrogens is 395 g/mol. The molecule has 0 atom stereocenters. The maximum absolute atomic E-state index is 13.6. The molecule has 2 aromatic carbocycles. The second-order valence-corrected chi connectivity index (χ2v) is 7.20. The number of aromatic nitrogens is 1. The summed E-state index contributed by atoms with van der Waals surface area (Å²) < 4.78 is 25.5. The molecule has 1 fully saturated rings. The zero-order valence-corrected chi connectivity index (χ0v) is 16.4. The number of nitro benzene ring substituents is 1. The molecule has 0 aliphatic carbocycles. The molecule has 1 saturated heterocycles. The van der Waals surface area contributed by atoms with Gasteiger partial charge in [-0.1, -0.05) is 0 Å². The Labute approximate surface area is 171 Å². The van der Waals surface area contributed by atoms with E-state index in [1.54, 1.807) is 13.2 Å². The highest BCUT2D eigenvalue weighted by Crippen LogP contribution is 2.23. The molecule has 0 spiro atoms. The van der Waals surface area contributed by atoms with Gasteiger partial charge in [0.25, 0.3) is 5.69 Å². The van der Waals surface area contributed by atoms with Crippen LogP contribution in [0.3, 0.4) is 0 Å². The molecule has 0 bridgehead atoms. The van der Waals surface area contributed by atoms with Crippen molar-refractivity contribution in [3.05, 3.63) is 68.4 Å². The summed E-state index contributed by atoms with van der Waals surface area (Å²) in [6.45, 7) is 3.67. The van der Waals surface area contributed by atoms with Crippen LogP contribution in [0.15, 0.2) is 45.6 Å². The molecule has 10 heteroatoms. The lowest BCUT2D eigenvalue weighted by Gasteiger charge is -2.34. The number of benzene rings is 2. The molecule has 9 nitrogen and oxygen atoms in total. The molecule has 4 rings (SSSR count). The fourth-order valence-corrected chi connectivity index (χ4v) is 3.70. The summed E-state index contributed by atoms with van der Waals surface area (Å²) in [4.78, 5) is 27.1. The van der Waals surface area contributed by atoms with E-state index in [1.807, 2.05) is 0 Å². The van der Waals surface area contributed by atoms with Crippen molar-refractivity contribution in [2.24, 2.45) is 0 Å². The number of oxazole rings is 1. The number of methoxy groups -OCH3 is 1. The van der Waals surface area contributed by atoms with Crippen LogP contribution < -0.4 is 10.5 Å². The Morgan fingerprint density at radius 3 is 2.57 bits per heavy atom. The van der Waals surface area contributed by atoms with E-state index in [-0.39, 0.29) is 18.2 Å². The minimum absolute atomic E-state index is 0.0918. The van der Waals surface area contributed by atoms with Crippen LogP contribution in [0.1, 0.15) is 5.56 Å². The molecule has 0 saturated carbocycles. The van der Waals surface area contributed by atoms with E-state index in [2.05, 4.69) is 9.80 Å². The topological polar surface area (TPSA) is 94.0 Å². The molecule has 1 aromatic heterocycles. The Morgan fingerprint density at radius 2 is 1.87 bits per heavy atom. The highest BCUT2D eigenvalue weighted by Gasteiger charge is 2.21. The van der Waals surface area contributed by atoms with E-state index in [9.17, 15) is 19.3 Å². The fourth-order valence-electron chi connectivity index (χ4n) is 3.70. The van der Waals surface area contributed by atoms with Gasteiger partial charge in [-0.05, 0) is 24.3 Å². The molecule has 158 valence electrons. The first kappa shape index (κ1) is 20.0. The van der Waals surface area contributed by atoms with Crippen molar-refractivity contribution in [2.75, 3.05) is 33.3 Å². The third kappa shape index (κ3) is 4.05. The van der Waals surface area contributed by atoms with Crippen molar-refractivity contribution < 1.29 is 18.5 Å². The van der Waals surface area contributed by atoms with Crippen molar-refractivity contribution in [1.82, 2.24) is 14.4 Å². The van der Waals surface area contributed by atoms with E-state index in [0.717, 1.165) is 18.7 Å². The summed E-state index contributed by atoms with van der Waals surface area (Å²) >= 11 is 0. The number of nitro groups is 1. The van der Waals surface area contributed by atoms with E-state index < -0.39 is 10.7 Å². The normalized spacial score (nSPS) is 15.5. The number of nitrogens with zero attached hydrogens (tertiary/aromatic N) is 4. The van der Waals surface area contributed by atoms with Gasteiger partial charge in [-0.2, -0.15) is 0 Å². The summed E-state index contributed by atoms with van der Waals surface area (Å²) in [7, 11) is 1.56. The second-order valence-electron chi connectivity index (χ2n) is 7.20. The number of halogens is 1. The van der Waals surface area contributed by atoms with Gasteiger partial charge < -0.3 is 9.15 Å². The van der Waals surface area contributed by atoms with Crippen molar-refractivity contribution in [3.8, 4) is 5.75 Å². The highest BCUT2D eigenvalue weighted by atomic mass is 19.1. The van der Waals surface area contributed by atoms with Gasteiger partial charge in [-0.3, -0.25) is 24.5 Å². The molecule has 0 N–H and O–H groups in total. The molecular formula is C20H21FN4O5. The van der Waals surface area contributed by atoms with Gasteiger partial charge in [0.15, 0.2) is 5.58 Å². The first-order valence-corrected chi connectivity index (χ1v) is 9.49. The van der Waals surface area contributed by atoms with E-state index >= 15 is 0 Å². The van der Waals surface area contributed by atoms with Crippen molar-refractivity contribution in [3.63, 3.8) is 0 Å². The number of hydrogen-bond acceptors (Lipinski definition) is 7. The quantitative estimate of drug-likeness (QED) is 0.450. The molecule has 0 amide bonds. The number of non-ortho nitro benzene ring substituents is 1. The van der Waals surface area contributed by atoms with Gasteiger partial charge in [-0.25, -0.2) is 9.18 Å². The Kier molecular flexibility index (Phi) is 5.51. The molecule has 1 aliphatic rings. The summed E-state index contributed by atoms with van der Waals surface area (Å²) in [6, 6.07) is 8.58. The predicted molar refractivity (Wildman–Crippen MR) is 107 cm³/mol. The van der Waals surface area contributed by atoms with Gasteiger partial charge in [-0.15, -0.1) is 0 Å². The van der Waals surface area contributed by atoms with Crippen LogP contribution >= 0.6 is 0 Å². The zero-order valence-electron chi connectivity index (χ0n) is 16.4. The Hall–Kier alpha value is -3.24. The minimum atomic E-state index is -0.544. The second kappa shape index (κ2) is 8.25. The van der Waals surface area contributed by atoms with E-state index in [1.165, 1.54) is 34.9 Å². The largest absolute Gasteiger partial charge is 0.496 e. The van der Waals surface area contributed by atoms with Crippen molar-refractivity contribution >= 4 is 16.8 Å². The van der Waals surface area contributed by atoms with Gasteiger partial charge in [0.05, 0.1) is 24.2 Å². The predicted octanol–water partition coefficient (Wildman–Crippen LogP) is 2.43. The van der Waals surface area contributed by atoms with Crippen LogP contribution in [0.4, 0.5) is 10.1 Å². The zero-order chi connectivity index (χ0) is 21.3. The van der Waals surface area contributed by atoms with Crippen LogP contribution in [0.5, 0.6) is 5.75 Å². The van der Waals surface area contributed by atoms with Crippen molar-refractivity contribution in [1.29, 1.82) is 0 Å². The standard InChI is InChI=1S/C20H21FN4O5/c1-29-18-4-2-15(21)10-14(18)12-22-6-8-23(9-7-22)13-24-17-11-16(25(27)28)3-5-19(17)30-20(24)26/h2-5,10-11H,6-9,12-13H2,1H3. The smallest absolute Gasteiger partial charge is 0.421 e. The molecule has 0 radical (unpaired) electrons. The van der Waals surface area contributed by atoms with Crippen LogP contribution in [0, 0.1) is 15.9 Å². The summed E-state index contributed by atoms with van der Waals surface area (Å²) in [5.74, 6) is -0.195. The Bertz CT molecular complexity index is 1130. The van der Waals surface area contributed by atoms with Crippen LogP contribution in [-0.2, 0) is 13.2 Å². The molecule has 2 heterocycles.